The molecule has 1 aromatic carbocycles. The lowest BCUT2D eigenvalue weighted by atomic mass is 10.1. The summed E-state index contributed by atoms with van der Waals surface area (Å²) in [5.41, 5.74) is 1.13. The van der Waals surface area contributed by atoms with Crippen LogP contribution in [0.5, 0.6) is 5.75 Å². The van der Waals surface area contributed by atoms with Crippen LogP contribution >= 0.6 is 0 Å². The molecular formula is C19H30N4O2. The molecule has 0 aromatic heterocycles. The molecule has 0 saturated carbocycles. The second kappa shape index (κ2) is 8.06. The molecule has 1 aromatic rings. The molecule has 2 aliphatic rings. The van der Waals surface area contributed by atoms with E-state index in [0.717, 1.165) is 64.6 Å². The Labute approximate surface area is 150 Å². The van der Waals surface area contributed by atoms with E-state index in [4.69, 9.17) is 0 Å². The maximum Gasteiger partial charge on any atom is 0.239 e. The van der Waals surface area contributed by atoms with E-state index in [9.17, 15) is 9.90 Å². The third-order valence-electron chi connectivity index (χ3n) is 5.57. The van der Waals surface area contributed by atoms with Crippen molar-refractivity contribution in [2.75, 3.05) is 63.8 Å². The van der Waals surface area contributed by atoms with Crippen molar-refractivity contribution < 1.29 is 9.90 Å². The van der Waals surface area contributed by atoms with Crippen LogP contribution in [0.25, 0.3) is 0 Å². The highest BCUT2D eigenvalue weighted by atomic mass is 16.3. The van der Waals surface area contributed by atoms with Crippen LogP contribution in [0.4, 0.5) is 5.69 Å². The van der Waals surface area contributed by atoms with Crippen LogP contribution < -0.4 is 4.90 Å². The standard InChI is InChI=1S/C19H30N4O2/c1-3-20-8-10-23(11-9-20)19(25)16(2)21-12-14-22(15-13-21)17-4-6-18(24)7-5-17/h4-7,16,24H,3,8-15H2,1-2H3/t16-/m0/s1. The molecule has 0 spiro atoms. The van der Waals surface area contributed by atoms with Gasteiger partial charge < -0.3 is 19.8 Å². The summed E-state index contributed by atoms with van der Waals surface area (Å²) in [5, 5.41) is 9.42. The van der Waals surface area contributed by atoms with Gasteiger partial charge in [-0.2, -0.15) is 0 Å². The Balaban J connectivity index is 1.50. The molecule has 6 heteroatoms. The van der Waals surface area contributed by atoms with Gasteiger partial charge in [0, 0.05) is 58.0 Å². The molecular weight excluding hydrogens is 316 g/mol. The van der Waals surface area contributed by atoms with E-state index in [0.29, 0.717) is 5.75 Å². The number of carbonyl (C=O) groups excluding carboxylic acids is 1. The highest BCUT2D eigenvalue weighted by Crippen LogP contribution is 2.20. The maximum atomic E-state index is 12.8. The third-order valence-corrected chi connectivity index (χ3v) is 5.57. The molecule has 0 radical (unpaired) electrons. The number of phenols is 1. The molecule has 6 nitrogen and oxygen atoms in total. The second-order valence-electron chi connectivity index (χ2n) is 6.97. The summed E-state index contributed by atoms with van der Waals surface area (Å²) < 4.78 is 0. The van der Waals surface area contributed by atoms with Crippen molar-refractivity contribution in [3.8, 4) is 5.75 Å². The summed E-state index contributed by atoms with van der Waals surface area (Å²) >= 11 is 0. The van der Waals surface area contributed by atoms with Gasteiger partial charge in [-0.05, 0) is 37.7 Å². The normalized spacial score (nSPS) is 21.4. The van der Waals surface area contributed by atoms with Gasteiger partial charge >= 0.3 is 0 Å². The van der Waals surface area contributed by atoms with Gasteiger partial charge in [-0.1, -0.05) is 6.92 Å². The molecule has 1 N–H and O–H groups in total. The van der Waals surface area contributed by atoms with Crippen molar-refractivity contribution in [2.45, 2.75) is 19.9 Å². The van der Waals surface area contributed by atoms with Crippen molar-refractivity contribution in [3.63, 3.8) is 0 Å². The number of carbonyl (C=O) groups is 1. The minimum atomic E-state index is -0.0462. The number of anilines is 1. The summed E-state index contributed by atoms with van der Waals surface area (Å²) in [5.74, 6) is 0.568. The average Bonchev–Trinajstić information content (AvgIpc) is 2.67. The molecule has 0 bridgehead atoms. The van der Waals surface area contributed by atoms with Crippen LogP contribution in [-0.2, 0) is 4.79 Å². The van der Waals surface area contributed by atoms with Crippen LogP contribution in [-0.4, -0.2) is 90.7 Å². The third kappa shape index (κ3) is 4.25. The molecule has 2 heterocycles. The first-order chi connectivity index (χ1) is 12.1. The van der Waals surface area contributed by atoms with Crippen LogP contribution in [0, 0.1) is 0 Å². The van der Waals surface area contributed by atoms with Gasteiger partial charge in [-0.15, -0.1) is 0 Å². The zero-order chi connectivity index (χ0) is 17.8. The summed E-state index contributed by atoms with van der Waals surface area (Å²) in [6, 6.07) is 7.31. The molecule has 0 unspecified atom stereocenters. The first kappa shape index (κ1) is 18.0. The van der Waals surface area contributed by atoms with Crippen molar-refractivity contribution in [3.05, 3.63) is 24.3 Å². The fourth-order valence-electron chi connectivity index (χ4n) is 3.74. The van der Waals surface area contributed by atoms with Crippen LogP contribution in [0.2, 0.25) is 0 Å². The number of hydrogen-bond acceptors (Lipinski definition) is 5. The number of aromatic hydroxyl groups is 1. The molecule has 138 valence electrons. The zero-order valence-electron chi connectivity index (χ0n) is 15.4. The van der Waals surface area contributed by atoms with Gasteiger partial charge in [0.15, 0.2) is 0 Å². The Bertz CT molecular complexity index is 561. The Hall–Kier alpha value is -1.79. The number of rotatable bonds is 4. The quantitative estimate of drug-likeness (QED) is 0.884. The monoisotopic (exact) mass is 346 g/mol. The number of piperazine rings is 2. The first-order valence-electron chi connectivity index (χ1n) is 9.37. The maximum absolute atomic E-state index is 12.8. The number of hydrogen-bond donors (Lipinski definition) is 1. The number of likely N-dealkylation sites (N-methyl/N-ethyl adjacent to an activating group) is 1. The summed E-state index contributed by atoms with van der Waals surface area (Å²) in [6.45, 7) is 12.6. The Kier molecular flexibility index (Phi) is 5.81. The topological polar surface area (TPSA) is 50.3 Å². The molecule has 2 saturated heterocycles. The lowest BCUT2D eigenvalue weighted by Gasteiger charge is -2.41. The lowest BCUT2D eigenvalue weighted by molar-refractivity contribution is -0.138. The number of phenolic OH excluding ortho intramolecular Hbond substituents is 1. The Morgan fingerprint density at radius 3 is 2.16 bits per heavy atom. The van der Waals surface area contributed by atoms with Gasteiger partial charge in [-0.25, -0.2) is 0 Å². The van der Waals surface area contributed by atoms with Crippen molar-refractivity contribution in [2.24, 2.45) is 0 Å². The fraction of sp³-hybridized carbons (Fsp3) is 0.632. The van der Waals surface area contributed by atoms with E-state index in [1.165, 1.54) is 0 Å². The average molecular weight is 346 g/mol. The van der Waals surface area contributed by atoms with Gasteiger partial charge in [0.2, 0.25) is 5.91 Å². The zero-order valence-corrected chi connectivity index (χ0v) is 15.4. The van der Waals surface area contributed by atoms with Crippen LogP contribution in [0.15, 0.2) is 24.3 Å². The van der Waals surface area contributed by atoms with E-state index >= 15 is 0 Å². The van der Waals surface area contributed by atoms with Crippen molar-refractivity contribution in [1.29, 1.82) is 0 Å². The second-order valence-corrected chi connectivity index (χ2v) is 6.97. The van der Waals surface area contributed by atoms with E-state index in [1.807, 2.05) is 24.0 Å². The highest BCUT2D eigenvalue weighted by molar-refractivity contribution is 5.81. The minimum absolute atomic E-state index is 0.0462. The van der Waals surface area contributed by atoms with Gasteiger partial charge in [0.1, 0.15) is 5.75 Å². The van der Waals surface area contributed by atoms with Gasteiger partial charge in [0.05, 0.1) is 6.04 Å². The van der Waals surface area contributed by atoms with Crippen molar-refractivity contribution in [1.82, 2.24) is 14.7 Å². The Morgan fingerprint density at radius 1 is 1.00 bits per heavy atom. The molecule has 2 fully saturated rings. The van der Waals surface area contributed by atoms with Crippen LogP contribution in [0.3, 0.4) is 0 Å². The van der Waals surface area contributed by atoms with E-state index in [1.54, 1.807) is 12.1 Å². The van der Waals surface area contributed by atoms with Crippen LogP contribution in [0.1, 0.15) is 13.8 Å². The number of amides is 1. The smallest absolute Gasteiger partial charge is 0.239 e. The van der Waals surface area contributed by atoms with Crippen molar-refractivity contribution >= 4 is 11.6 Å². The molecule has 1 atom stereocenters. The predicted octanol–water partition coefficient (Wildman–Crippen LogP) is 1.07. The SMILES string of the molecule is CCN1CCN(C(=O)[C@H](C)N2CCN(c3ccc(O)cc3)CC2)CC1. The lowest BCUT2D eigenvalue weighted by Crippen LogP contribution is -2.57. The molecule has 25 heavy (non-hydrogen) atoms. The van der Waals surface area contributed by atoms with E-state index in [-0.39, 0.29) is 11.9 Å². The summed E-state index contributed by atoms with van der Waals surface area (Å²) in [7, 11) is 0. The number of benzene rings is 1. The van der Waals surface area contributed by atoms with E-state index < -0.39 is 0 Å². The molecule has 3 rings (SSSR count). The molecule has 2 aliphatic heterocycles. The summed E-state index contributed by atoms with van der Waals surface area (Å²) in [4.78, 5) is 21.8. The Morgan fingerprint density at radius 2 is 1.60 bits per heavy atom. The van der Waals surface area contributed by atoms with Gasteiger partial charge in [0.25, 0.3) is 0 Å². The minimum Gasteiger partial charge on any atom is -0.508 e. The highest BCUT2D eigenvalue weighted by Gasteiger charge is 2.30. The first-order valence-corrected chi connectivity index (χ1v) is 9.37. The van der Waals surface area contributed by atoms with E-state index in [2.05, 4.69) is 21.6 Å². The van der Waals surface area contributed by atoms with Gasteiger partial charge in [-0.3, -0.25) is 9.69 Å². The molecule has 0 aliphatic carbocycles. The predicted molar refractivity (Wildman–Crippen MR) is 100 cm³/mol. The molecule has 1 amide bonds. The fourth-order valence-corrected chi connectivity index (χ4v) is 3.74. The largest absolute Gasteiger partial charge is 0.508 e. The number of nitrogens with zero attached hydrogens (tertiary/aromatic N) is 4. The summed E-state index contributed by atoms with van der Waals surface area (Å²) in [6.07, 6.45) is 0.